The third-order valence-corrected chi connectivity index (χ3v) is 5.80. The van der Waals surface area contributed by atoms with Crippen LogP contribution in [0.5, 0.6) is 0 Å². The Morgan fingerprint density at radius 3 is 3.12 bits per heavy atom. The Bertz CT molecular complexity index is 1180. The fourth-order valence-electron chi connectivity index (χ4n) is 2.33. The summed E-state index contributed by atoms with van der Waals surface area (Å²) in [5, 5.41) is 5.97. The number of thiazole rings is 1. The standard InChI is InChI=1S/C13H11N5O4S2/c19-13-17-10-2-1-9(5-11(10)22-13)24(20,21)16-4-3-8-6-23-12-14-7-15-18(8)12/h1-2,5-7,16H,3-4H2,(H,17,19). The average Bonchev–Trinajstić information content (AvgIpc) is 3.21. The molecule has 0 saturated heterocycles. The molecular formula is C13H11N5O4S2. The number of hydrogen-bond acceptors (Lipinski definition) is 7. The molecule has 0 amide bonds. The van der Waals surface area contributed by atoms with Gasteiger partial charge in [-0.25, -0.2) is 27.4 Å². The van der Waals surface area contributed by atoms with Crippen molar-refractivity contribution < 1.29 is 12.8 Å². The van der Waals surface area contributed by atoms with Gasteiger partial charge in [-0.3, -0.25) is 4.98 Å². The number of oxazole rings is 1. The summed E-state index contributed by atoms with van der Waals surface area (Å²) in [4.78, 5) is 18.5. The van der Waals surface area contributed by atoms with E-state index in [1.54, 1.807) is 4.52 Å². The molecule has 0 unspecified atom stereocenters. The van der Waals surface area contributed by atoms with Crippen LogP contribution in [0.2, 0.25) is 0 Å². The van der Waals surface area contributed by atoms with Gasteiger partial charge >= 0.3 is 5.76 Å². The predicted octanol–water partition coefficient (Wildman–Crippen LogP) is 0.746. The highest BCUT2D eigenvalue weighted by Crippen LogP contribution is 2.17. The summed E-state index contributed by atoms with van der Waals surface area (Å²) in [5.41, 5.74) is 1.53. The number of rotatable bonds is 5. The van der Waals surface area contributed by atoms with Gasteiger partial charge in [0.2, 0.25) is 15.0 Å². The zero-order chi connectivity index (χ0) is 16.7. The molecule has 0 spiro atoms. The van der Waals surface area contributed by atoms with Crippen molar-refractivity contribution in [1.82, 2.24) is 24.3 Å². The van der Waals surface area contributed by atoms with E-state index in [1.165, 1.54) is 35.9 Å². The van der Waals surface area contributed by atoms with Crippen LogP contribution in [0, 0.1) is 0 Å². The van der Waals surface area contributed by atoms with Gasteiger partial charge in [0, 0.05) is 24.4 Å². The second kappa shape index (κ2) is 5.54. The number of H-pyrrole nitrogens is 1. The zero-order valence-electron chi connectivity index (χ0n) is 12.1. The SMILES string of the molecule is O=c1[nH]c2ccc(S(=O)(=O)NCCc3csc4ncnn34)cc2o1. The number of aromatic nitrogens is 4. The quantitative estimate of drug-likeness (QED) is 0.538. The lowest BCUT2D eigenvalue weighted by Gasteiger charge is -2.06. The summed E-state index contributed by atoms with van der Waals surface area (Å²) >= 11 is 1.45. The van der Waals surface area contributed by atoms with Gasteiger partial charge in [0.1, 0.15) is 6.33 Å². The van der Waals surface area contributed by atoms with Crippen LogP contribution in [0.3, 0.4) is 0 Å². The number of nitrogens with one attached hydrogen (secondary N) is 2. The molecule has 9 nitrogen and oxygen atoms in total. The van der Waals surface area contributed by atoms with E-state index in [0.717, 1.165) is 10.7 Å². The Balaban J connectivity index is 1.51. The van der Waals surface area contributed by atoms with Gasteiger partial charge in [-0.05, 0) is 12.1 Å². The van der Waals surface area contributed by atoms with E-state index in [9.17, 15) is 13.2 Å². The van der Waals surface area contributed by atoms with Crippen molar-refractivity contribution in [2.75, 3.05) is 6.54 Å². The largest absolute Gasteiger partial charge is 0.417 e. The van der Waals surface area contributed by atoms with Crippen LogP contribution in [0.1, 0.15) is 5.69 Å². The molecular weight excluding hydrogens is 354 g/mol. The molecule has 11 heteroatoms. The topological polar surface area (TPSA) is 122 Å². The van der Waals surface area contributed by atoms with E-state index < -0.39 is 15.8 Å². The third-order valence-electron chi connectivity index (χ3n) is 3.46. The minimum Gasteiger partial charge on any atom is -0.408 e. The van der Waals surface area contributed by atoms with Crippen molar-refractivity contribution in [2.24, 2.45) is 0 Å². The monoisotopic (exact) mass is 365 g/mol. The minimum absolute atomic E-state index is 0.0361. The first-order valence-corrected chi connectivity index (χ1v) is 9.28. The van der Waals surface area contributed by atoms with Crippen LogP contribution >= 0.6 is 11.3 Å². The molecule has 0 aliphatic rings. The molecule has 24 heavy (non-hydrogen) atoms. The smallest absolute Gasteiger partial charge is 0.408 e. The lowest BCUT2D eigenvalue weighted by molar-refractivity contribution is 0.553. The molecule has 0 atom stereocenters. The molecule has 0 fully saturated rings. The summed E-state index contributed by atoms with van der Waals surface area (Å²) < 4.78 is 33.8. The lowest BCUT2D eigenvalue weighted by atomic mass is 10.3. The van der Waals surface area contributed by atoms with E-state index in [0.29, 0.717) is 11.9 Å². The maximum absolute atomic E-state index is 12.4. The van der Waals surface area contributed by atoms with E-state index >= 15 is 0 Å². The van der Waals surface area contributed by atoms with Crippen LogP contribution in [0.25, 0.3) is 16.1 Å². The molecule has 4 aromatic rings. The minimum atomic E-state index is -3.70. The summed E-state index contributed by atoms with van der Waals surface area (Å²) in [6.07, 6.45) is 1.93. The molecule has 0 aliphatic carbocycles. The molecule has 0 saturated carbocycles. The molecule has 3 heterocycles. The molecule has 2 N–H and O–H groups in total. The Kier molecular flexibility index (Phi) is 3.48. The molecule has 3 aromatic heterocycles. The highest BCUT2D eigenvalue weighted by Gasteiger charge is 2.16. The third kappa shape index (κ3) is 2.62. The van der Waals surface area contributed by atoms with Crippen molar-refractivity contribution in [3.8, 4) is 0 Å². The highest BCUT2D eigenvalue weighted by molar-refractivity contribution is 7.89. The Morgan fingerprint density at radius 2 is 2.25 bits per heavy atom. The van der Waals surface area contributed by atoms with Gasteiger partial charge in [0.05, 0.1) is 16.1 Å². The van der Waals surface area contributed by atoms with Gasteiger partial charge in [-0.2, -0.15) is 5.10 Å². The van der Waals surface area contributed by atoms with Crippen LogP contribution in [-0.2, 0) is 16.4 Å². The van der Waals surface area contributed by atoms with E-state index in [-0.39, 0.29) is 17.0 Å². The van der Waals surface area contributed by atoms with E-state index in [2.05, 4.69) is 19.8 Å². The van der Waals surface area contributed by atoms with E-state index in [4.69, 9.17) is 4.42 Å². The fraction of sp³-hybridized carbons (Fsp3) is 0.154. The number of hydrogen-bond donors (Lipinski definition) is 2. The van der Waals surface area contributed by atoms with Gasteiger partial charge < -0.3 is 4.42 Å². The number of nitrogens with zero attached hydrogens (tertiary/aromatic N) is 3. The maximum Gasteiger partial charge on any atom is 0.417 e. The maximum atomic E-state index is 12.4. The van der Waals surface area contributed by atoms with Crippen LogP contribution in [-0.4, -0.2) is 34.5 Å². The van der Waals surface area contributed by atoms with Gasteiger partial charge in [0.25, 0.3) is 0 Å². The van der Waals surface area contributed by atoms with Gasteiger partial charge in [-0.1, -0.05) is 0 Å². The average molecular weight is 365 g/mol. The van der Waals surface area contributed by atoms with Crippen molar-refractivity contribution in [1.29, 1.82) is 0 Å². The summed E-state index contributed by atoms with van der Waals surface area (Å²) in [6, 6.07) is 4.22. The van der Waals surface area contributed by atoms with Gasteiger partial charge in [0.15, 0.2) is 5.58 Å². The summed E-state index contributed by atoms with van der Waals surface area (Å²) in [7, 11) is -3.70. The van der Waals surface area contributed by atoms with Crippen LogP contribution in [0.15, 0.2) is 44.0 Å². The normalized spacial score (nSPS) is 12.3. The first-order valence-electron chi connectivity index (χ1n) is 6.91. The zero-order valence-corrected chi connectivity index (χ0v) is 13.7. The first-order chi connectivity index (χ1) is 11.5. The van der Waals surface area contributed by atoms with Crippen LogP contribution < -0.4 is 10.5 Å². The summed E-state index contributed by atoms with van der Waals surface area (Å²) in [6.45, 7) is 0.211. The molecule has 124 valence electrons. The van der Waals surface area contributed by atoms with Gasteiger partial charge in [-0.15, -0.1) is 11.3 Å². The van der Waals surface area contributed by atoms with Crippen molar-refractivity contribution in [3.05, 3.63) is 46.2 Å². The summed E-state index contributed by atoms with van der Waals surface area (Å²) in [5.74, 6) is -0.623. The molecule has 0 aliphatic heterocycles. The highest BCUT2D eigenvalue weighted by atomic mass is 32.2. The Hall–Kier alpha value is -2.50. The Labute approximate surface area is 139 Å². The van der Waals surface area contributed by atoms with Crippen LogP contribution in [0.4, 0.5) is 0 Å². The van der Waals surface area contributed by atoms with E-state index in [1.807, 2.05) is 5.38 Å². The second-order valence-electron chi connectivity index (χ2n) is 5.00. The Morgan fingerprint density at radius 1 is 1.38 bits per heavy atom. The predicted molar refractivity (Wildman–Crippen MR) is 86.6 cm³/mol. The second-order valence-corrected chi connectivity index (χ2v) is 7.61. The first kappa shape index (κ1) is 15.1. The van der Waals surface area contributed by atoms with Crippen molar-refractivity contribution in [2.45, 2.75) is 11.3 Å². The molecule has 0 radical (unpaired) electrons. The fourth-order valence-corrected chi connectivity index (χ4v) is 4.21. The number of sulfonamides is 1. The number of fused-ring (bicyclic) bond motifs is 2. The van der Waals surface area contributed by atoms with Crippen molar-refractivity contribution >= 4 is 37.4 Å². The molecule has 4 rings (SSSR count). The van der Waals surface area contributed by atoms with Crippen molar-refractivity contribution in [3.63, 3.8) is 0 Å². The molecule has 0 bridgehead atoms. The molecule has 1 aromatic carbocycles. The number of aromatic amines is 1. The lowest BCUT2D eigenvalue weighted by Crippen LogP contribution is -2.26. The number of benzene rings is 1.